The lowest BCUT2D eigenvalue weighted by molar-refractivity contribution is -0.143. The standard InChI is InChI=1S/C26H20F6N2O2/c1-2-36-24(33-23(35)18-11-19(25(27,28)29)13-20(12-18)26(30,31)32)34-14-16-7-3-5-9-21(16)22-10-6-4-8-17(22)15-34/h3-13H,2,14-15H2,1H3/b33-24-. The largest absolute Gasteiger partial charge is 0.465 e. The third-order valence-electron chi connectivity index (χ3n) is 5.62. The van der Waals surface area contributed by atoms with Crippen LogP contribution in [0.15, 0.2) is 71.7 Å². The number of halogens is 6. The second kappa shape index (κ2) is 9.67. The van der Waals surface area contributed by atoms with Gasteiger partial charge in [0.1, 0.15) is 0 Å². The van der Waals surface area contributed by atoms with Gasteiger partial charge in [-0.25, -0.2) is 0 Å². The van der Waals surface area contributed by atoms with Gasteiger partial charge in [-0.3, -0.25) is 4.79 Å². The third-order valence-corrected chi connectivity index (χ3v) is 5.62. The summed E-state index contributed by atoms with van der Waals surface area (Å²) >= 11 is 0. The van der Waals surface area contributed by atoms with E-state index >= 15 is 0 Å². The number of amidine groups is 1. The number of hydrogen-bond donors (Lipinski definition) is 0. The zero-order chi connectivity index (χ0) is 26.1. The van der Waals surface area contributed by atoms with Crippen LogP contribution in [0.5, 0.6) is 0 Å². The van der Waals surface area contributed by atoms with Gasteiger partial charge in [-0.1, -0.05) is 48.5 Å². The van der Waals surface area contributed by atoms with Crippen molar-refractivity contribution in [3.63, 3.8) is 0 Å². The molecule has 0 saturated heterocycles. The molecule has 0 atom stereocenters. The van der Waals surface area contributed by atoms with Gasteiger partial charge in [-0.2, -0.15) is 31.3 Å². The van der Waals surface area contributed by atoms with Gasteiger partial charge in [-0.15, -0.1) is 0 Å². The fourth-order valence-corrected chi connectivity index (χ4v) is 4.00. The van der Waals surface area contributed by atoms with Gasteiger partial charge in [0.2, 0.25) is 0 Å². The van der Waals surface area contributed by atoms with Gasteiger partial charge in [0.15, 0.2) is 0 Å². The minimum atomic E-state index is -5.08. The average Bonchev–Trinajstić information content (AvgIpc) is 2.99. The van der Waals surface area contributed by atoms with E-state index in [1.54, 1.807) is 11.8 Å². The number of carbonyl (C=O) groups is 1. The molecule has 1 heterocycles. The Bertz CT molecular complexity index is 1230. The Labute approximate surface area is 202 Å². The molecule has 36 heavy (non-hydrogen) atoms. The highest BCUT2D eigenvalue weighted by atomic mass is 19.4. The molecule has 0 bridgehead atoms. The fraction of sp³-hybridized carbons (Fsp3) is 0.231. The highest BCUT2D eigenvalue weighted by Crippen LogP contribution is 2.37. The number of alkyl halides is 6. The first kappa shape index (κ1) is 25.3. The van der Waals surface area contributed by atoms with Gasteiger partial charge in [0.25, 0.3) is 11.9 Å². The number of fused-ring (bicyclic) bond motifs is 3. The highest BCUT2D eigenvalue weighted by molar-refractivity contribution is 6.01. The van der Waals surface area contributed by atoms with Crippen LogP contribution >= 0.6 is 0 Å². The lowest BCUT2D eigenvalue weighted by Gasteiger charge is -2.24. The van der Waals surface area contributed by atoms with E-state index in [9.17, 15) is 31.1 Å². The van der Waals surface area contributed by atoms with Crippen LogP contribution in [0, 0.1) is 0 Å². The van der Waals surface area contributed by atoms with Crippen molar-refractivity contribution in [3.8, 4) is 11.1 Å². The predicted molar refractivity (Wildman–Crippen MR) is 121 cm³/mol. The maximum absolute atomic E-state index is 13.3. The lowest BCUT2D eigenvalue weighted by atomic mass is 9.97. The lowest BCUT2D eigenvalue weighted by Crippen LogP contribution is -2.32. The molecule has 0 aromatic heterocycles. The monoisotopic (exact) mass is 506 g/mol. The van der Waals surface area contributed by atoms with Crippen LogP contribution in [-0.4, -0.2) is 23.4 Å². The first-order valence-electron chi connectivity index (χ1n) is 10.9. The topological polar surface area (TPSA) is 41.9 Å². The predicted octanol–water partition coefficient (Wildman–Crippen LogP) is 6.94. The zero-order valence-electron chi connectivity index (χ0n) is 19.0. The minimum Gasteiger partial charge on any atom is -0.465 e. The van der Waals surface area contributed by atoms with E-state index < -0.39 is 35.0 Å². The molecule has 0 N–H and O–H groups in total. The summed E-state index contributed by atoms with van der Waals surface area (Å²) in [5.74, 6) is -1.28. The molecule has 0 radical (unpaired) electrons. The Balaban J connectivity index is 1.77. The second-order valence-electron chi connectivity index (χ2n) is 8.10. The SMILES string of the molecule is CCO/C(=N\C(=O)c1cc(C(F)(F)F)cc(C(F)(F)F)c1)N1Cc2ccccc2-c2ccccc2C1. The van der Waals surface area contributed by atoms with E-state index in [0.29, 0.717) is 12.1 Å². The number of ether oxygens (including phenoxy) is 1. The molecule has 10 heteroatoms. The molecular weight excluding hydrogens is 486 g/mol. The Kier molecular flexibility index (Phi) is 6.79. The quantitative estimate of drug-likeness (QED) is 0.215. The number of aliphatic imine (C=N–C) groups is 1. The van der Waals surface area contributed by atoms with Gasteiger partial charge in [0, 0.05) is 18.7 Å². The number of nitrogens with zero attached hydrogens (tertiary/aromatic N) is 2. The fourth-order valence-electron chi connectivity index (χ4n) is 4.00. The molecule has 1 amide bonds. The average molecular weight is 506 g/mol. The van der Waals surface area contributed by atoms with Crippen molar-refractivity contribution < 1.29 is 35.9 Å². The second-order valence-corrected chi connectivity index (χ2v) is 8.10. The van der Waals surface area contributed by atoms with E-state index in [4.69, 9.17) is 4.74 Å². The van der Waals surface area contributed by atoms with Crippen LogP contribution < -0.4 is 0 Å². The minimum absolute atomic E-state index is 0.0351. The van der Waals surface area contributed by atoms with Crippen molar-refractivity contribution in [3.05, 3.63) is 94.5 Å². The molecule has 1 aliphatic heterocycles. The molecule has 188 valence electrons. The molecule has 0 aliphatic carbocycles. The summed E-state index contributed by atoms with van der Waals surface area (Å²) in [6, 6.07) is 15.6. The van der Waals surface area contributed by atoms with Crippen LogP contribution in [0.2, 0.25) is 0 Å². The summed E-state index contributed by atoms with van der Waals surface area (Å²) in [5, 5.41) is 0. The van der Waals surface area contributed by atoms with E-state index in [0.717, 1.165) is 22.3 Å². The molecular formula is C26H20F6N2O2. The number of carbonyl (C=O) groups excluding carboxylic acids is 1. The third kappa shape index (κ3) is 5.37. The molecule has 3 aromatic rings. The summed E-state index contributed by atoms with van der Waals surface area (Å²) in [6.07, 6.45) is -10.2. The number of hydrogen-bond acceptors (Lipinski definition) is 2. The maximum Gasteiger partial charge on any atom is 0.416 e. The van der Waals surface area contributed by atoms with Crippen molar-refractivity contribution in [2.75, 3.05) is 6.61 Å². The first-order chi connectivity index (χ1) is 17.0. The zero-order valence-corrected chi connectivity index (χ0v) is 19.0. The van der Waals surface area contributed by atoms with Crippen molar-refractivity contribution >= 4 is 11.9 Å². The Morgan fingerprint density at radius 2 is 1.31 bits per heavy atom. The summed E-state index contributed by atoms with van der Waals surface area (Å²) in [5.41, 5.74) is -0.319. The number of benzene rings is 3. The summed E-state index contributed by atoms with van der Waals surface area (Å²) < 4.78 is 85.1. The van der Waals surface area contributed by atoms with Gasteiger partial charge < -0.3 is 9.64 Å². The maximum atomic E-state index is 13.3. The van der Waals surface area contributed by atoms with Crippen LogP contribution in [0.4, 0.5) is 26.3 Å². The van der Waals surface area contributed by atoms with E-state index in [2.05, 4.69) is 4.99 Å². The van der Waals surface area contributed by atoms with Gasteiger partial charge >= 0.3 is 12.4 Å². The van der Waals surface area contributed by atoms with Crippen molar-refractivity contribution in [1.29, 1.82) is 0 Å². The molecule has 0 saturated carbocycles. The summed E-state index contributed by atoms with van der Waals surface area (Å²) in [7, 11) is 0. The summed E-state index contributed by atoms with van der Waals surface area (Å²) in [6.45, 7) is 2.22. The molecule has 0 fully saturated rings. The molecule has 4 nitrogen and oxygen atoms in total. The van der Waals surface area contributed by atoms with Crippen molar-refractivity contribution in [2.24, 2.45) is 4.99 Å². The molecule has 3 aromatic carbocycles. The Morgan fingerprint density at radius 3 is 1.75 bits per heavy atom. The molecule has 1 aliphatic rings. The van der Waals surface area contributed by atoms with Crippen molar-refractivity contribution in [1.82, 2.24) is 4.90 Å². The highest BCUT2D eigenvalue weighted by Gasteiger charge is 2.37. The van der Waals surface area contributed by atoms with E-state index in [-0.39, 0.29) is 31.8 Å². The molecule has 0 spiro atoms. The van der Waals surface area contributed by atoms with Gasteiger partial charge in [-0.05, 0) is 47.4 Å². The van der Waals surface area contributed by atoms with Crippen molar-refractivity contribution in [2.45, 2.75) is 32.4 Å². The first-order valence-corrected chi connectivity index (χ1v) is 10.9. The molecule has 4 rings (SSSR count). The number of amides is 1. The van der Waals surface area contributed by atoms with Crippen LogP contribution in [-0.2, 0) is 30.2 Å². The van der Waals surface area contributed by atoms with Crippen LogP contribution in [0.3, 0.4) is 0 Å². The smallest absolute Gasteiger partial charge is 0.416 e. The molecule has 0 unspecified atom stereocenters. The van der Waals surface area contributed by atoms with Gasteiger partial charge in [0.05, 0.1) is 17.7 Å². The number of rotatable bonds is 2. The Morgan fingerprint density at radius 1 is 0.833 bits per heavy atom. The Hall–Kier alpha value is -3.82. The normalized spacial score (nSPS) is 14.1. The van der Waals surface area contributed by atoms with E-state index in [1.165, 1.54) is 0 Å². The van der Waals surface area contributed by atoms with E-state index in [1.807, 2.05) is 48.5 Å². The van der Waals surface area contributed by atoms with Crippen LogP contribution in [0.25, 0.3) is 11.1 Å². The summed E-state index contributed by atoms with van der Waals surface area (Å²) in [4.78, 5) is 18.3. The van der Waals surface area contributed by atoms with Crippen LogP contribution in [0.1, 0.15) is 39.5 Å².